The van der Waals surface area contributed by atoms with Gasteiger partial charge in [-0.15, -0.1) is 0 Å². The molecule has 2 fully saturated rings. The summed E-state index contributed by atoms with van der Waals surface area (Å²) in [6.07, 6.45) is -9.66. The van der Waals surface area contributed by atoms with Gasteiger partial charge in [0.2, 0.25) is 0 Å². The normalized spacial score (nSPS) is 34.8. The fourth-order valence-corrected chi connectivity index (χ4v) is 4.07. The Balaban J connectivity index is 2.10. The Kier molecular flexibility index (Phi) is 5.84. The van der Waals surface area contributed by atoms with Crippen LogP contribution < -0.4 is 0 Å². The smallest absolute Gasteiger partial charge is 0.419 e. The maximum absolute atomic E-state index is 13.3. The van der Waals surface area contributed by atoms with E-state index >= 15 is 0 Å². The quantitative estimate of drug-likeness (QED) is 0.511. The third kappa shape index (κ3) is 3.99. The zero-order chi connectivity index (χ0) is 21.8. The number of esters is 1. The number of fused-ring (bicyclic) bond motifs is 2. The summed E-state index contributed by atoms with van der Waals surface area (Å²) in [5.41, 5.74) is -6.95. The van der Waals surface area contributed by atoms with Gasteiger partial charge in [-0.25, -0.2) is 0 Å². The second-order valence-corrected chi connectivity index (χ2v) is 8.65. The van der Waals surface area contributed by atoms with Gasteiger partial charge in [-0.2, -0.15) is 26.3 Å². The lowest BCUT2D eigenvalue weighted by Crippen LogP contribution is -2.52. The molecule has 164 valence electrons. The molecule has 0 aromatic carbocycles. The third-order valence-corrected chi connectivity index (χ3v) is 6.38. The molecule has 2 rings (SSSR count). The molecule has 2 saturated carbocycles. The van der Waals surface area contributed by atoms with Gasteiger partial charge < -0.3 is 14.6 Å². The van der Waals surface area contributed by atoms with E-state index < -0.39 is 60.0 Å². The van der Waals surface area contributed by atoms with Gasteiger partial charge in [0.05, 0.1) is 12.7 Å². The average Bonchev–Trinajstić information content (AvgIpc) is 3.06. The second kappa shape index (κ2) is 7.04. The van der Waals surface area contributed by atoms with E-state index in [1.807, 2.05) is 0 Å². The van der Waals surface area contributed by atoms with E-state index in [0.29, 0.717) is 26.2 Å². The second-order valence-electron chi connectivity index (χ2n) is 8.65. The molecule has 28 heavy (non-hydrogen) atoms. The van der Waals surface area contributed by atoms with E-state index in [4.69, 9.17) is 9.47 Å². The van der Waals surface area contributed by atoms with Crippen LogP contribution in [0.15, 0.2) is 0 Å². The van der Waals surface area contributed by atoms with Crippen molar-refractivity contribution in [3.63, 3.8) is 0 Å². The first-order valence-electron chi connectivity index (χ1n) is 9.18. The zero-order valence-electron chi connectivity index (χ0n) is 16.2. The third-order valence-electron chi connectivity index (χ3n) is 6.38. The number of hydrogen-bond acceptors (Lipinski definition) is 4. The fraction of sp³-hybridized carbons (Fsp3) is 0.944. The fourth-order valence-electron chi connectivity index (χ4n) is 4.07. The standard InChI is InChI=1S/C18H26F6O4/c1-5-14(2,17(19,20)21)13(25)28-15(3)8-10-6-11(15)12(7-10)27-9-16(4,26)18(22,23)24/h10-12,26H,5-9H2,1-4H3. The lowest BCUT2D eigenvalue weighted by Gasteiger charge is -2.41. The molecule has 0 heterocycles. The summed E-state index contributed by atoms with van der Waals surface area (Å²) < 4.78 is 89.0. The van der Waals surface area contributed by atoms with Crippen molar-refractivity contribution in [2.75, 3.05) is 6.61 Å². The van der Waals surface area contributed by atoms with Gasteiger partial charge >= 0.3 is 18.3 Å². The Bertz CT molecular complexity index is 602. The van der Waals surface area contributed by atoms with Crippen LogP contribution in [0.4, 0.5) is 26.3 Å². The highest BCUT2D eigenvalue weighted by Gasteiger charge is 2.62. The molecule has 0 spiro atoms. The number of carbonyl (C=O) groups is 1. The van der Waals surface area contributed by atoms with Crippen LogP contribution in [0, 0.1) is 17.3 Å². The molecule has 1 N–H and O–H groups in total. The van der Waals surface area contributed by atoms with Crippen molar-refractivity contribution in [3.8, 4) is 0 Å². The van der Waals surface area contributed by atoms with Gasteiger partial charge in [-0.3, -0.25) is 4.79 Å². The predicted molar refractivity (Wildman–Crippen MR) is 86.2 cm³/mol. The first-order chi connectivity index (χ1) is 12.5. The number of hydrogen-bond donors (Lipinski definition) is 1. The van der Waals surface area contributed by atoms with Crippen LogP contribution in [-0.2, 0) is 14.3 Å². The monoisotopic (exact) mass is 420 g/mol. The van der Waals surface area contributed by atoms with Crippen molar-refractivity contribution in [1.82, 2.24) is 0 Å². The van der Waals surface area contributed by atoms with Crippen molar-refractivity contribution in [3.05, 3.63) is 0 Å². The van der Waals surface area contributed by atoms with E-state index in [9.17, 15) is 36.2 Å². The van der Waals surface area contributed by atoms with Crippen LogP contribution in [0.5, 0.6) is 0 Å². The molecule has 0 aliphatic heterocycles. The van der Waals surface area contributed by atoms with Crippen molar-refractivity contribution < 1.29 is 45.7 Å². The first kappa shape index (κ1) is 23.3. The number of halogens is 6. The summed E-state index contributed by atoms with van der Waals surface area (Å²) in [5, 5.41) is 9.52. The summed E-state index contributed by atoms with van der Waals surface area (Å²) in [4.78, 5) is 12.4. The van der Waals surface area contributed by atoms with Crippen molar-refractivity contribution >= 4 is 5.97 Å². The number of alkyl halides is 6. The van der Waals surface area contributed by atoms with Crippen molar-refractivity contribution in [1.29, 1.82) is 0 Å². The molecular weight excluding hydrogens is 394 g/mol. The highest BCUT2D eigenvalue weighted by atomic mass is 19.4. The molecule has 0 aromatic heterocycles. The molecular formula is C18H26F6O4. The minimum atomic E-state index is -4.88. The van der Waals surface area contributed by atoms with Crippen LogP contribution >= 0.6 is 0 Å². The average molecular weight is 420 g/mol. The predicted octanol–water partition coefficient (Wildman–Crippen LogP) is 4.40. The largest absolute Gasteiger partial charge is 0.458 e. The highest BCUT2D eigenvalue weighted by Crippen LogP contribution is 2.55. The Labute approximate surface area is 159 Å². The Morgan fingerprint density at radius 1 is 1.11 bits per heavy atom. The van der Waals surface area contributed by atoms with Gasteiger partial charge in [0.15, 0.2) is 11.0 Å². The molecule has 6 unspecified atom stereocenters. The number of aliphatic hydroxyl groups is 1. The van der Waals surface area contributed by atoms with Gasteiger partial charge in [-0.05, 0) is 52.4 Å². The summed E-state index contributed by atoms with van der Waals surface area (Å²) in [6, 6.07) is 0. The molecule has 0 radical (unpaired) electrons. The molecule has 2 bridgehead atoms. The molecule has 2 aliphatic carbocycles. The van der Waals surface area contributed by atoms with Gasteiger partial charge in [0.25, 0.3) is 0 Å². The lowest BCUT2D eigenvalue weighted by atomic mass is 9.82. The summed E-state index contributed by atoms with van der Waals surface area (Å²) in [6.45, 7) is 3.11. The SMILES string of the molecule is CCC(C)(C(=O)OC1(C)CC2CC(OCC(C)(O)C(F)(F)F)C1C2)C(F)(F)F. The van der Waals surface area contributed by atoms with Crippen LogP contribution in [-0.4, -0.2) is 47.3 Å². The number of rotatable bonds is 6. The molecule has 10 heteroatoms. The summed E-state index contributed by atoms with van der Waals surface area (Å²) in [5.74, 6) is -1.94. The Morgan fingerprint density at radius 2 is 1.68 bits per heavy atom. The molecule has 4 nitrogen and oxygen atoms in total. The Hall–Kier alpha value is -1.03. The highest BCUT2D eigenvalue weighted by molar-refractivity contribution is 5.78. The van der Waals surface area contributed by atoms with Crippen LogP contribution in [0.3, 0.4) is 0 Å². The Morgan fingerprint density at radius 3 is 2.11 bits per heavy atom. The van der Waals surface area contributed by atoms with Gasteiger partial charge in [0, 0.05) is 5.92 Å². The first-order valence-corrected chi connectivity index (χ1v) is 9.18. The van der Waals surface area contributed by atoms with Gasteiger partial charge in [0.1, 0.15) is 5.60 Å². The minimum Gasteiger partial charge on any atom is -0.458 e. The van der Waals surface area contributed by atoms with Crippen molar-refractivity contribution in [2.45, 2.75) is 83.0 Å². The van der Waals surface area contributed by atoms with Crippen LogP contribution in [0.2, 0.25) is 0 Å². The molecule has 0 aromatic rings. The van der Waals surface area contributed by atoms with E-state index in [1.165, 1.54) is 13.8 Å². The topological polar surface area (TPSA) is 55.8 Å². The van der Waals surface area contributed by atoms with E-state index in [2.05, 4.69) is 0 Å². The van der Waals surface area contributed by atoms with E-state index in [-0.39, 0.29) is 5.92 Å². The molecule has 0 amide bonds. The van der Waals surface area contributed by atoms with Crippen LogP contribution in [0.25, 0.3) is 0 Å². The van der Waals surface area contributed by atoms with E-state index in [0.717, 1.165) is 6.92 Å². The zero-order valence-corrected chi connectivity index (χ0v) is 16.2. The maximum Gasteiger partial charge on any atom is 0.419 e. The maximum atomic E-state index is 13.3. The van der Waals surface area contributed by atoms with E-state index in [1.54, 1.807) is 0 Å². The van der Waals surface area contributed by atoms with Gasteiger partial charge in [-0.1, -0.05) is 6.92 Å². The number of ether oxygens (including phenoxy) is 2. The summed E-state index contributed by atoms with van der Waals surface area (Å²) in [7, 11) is 0. The summed E-state index contributed by atoms with van der Waals surface area (Å²) >= 11 is 0. The molecule has 6 atom stereocenters. The number of carbonyl (C=O) groups excluding carboxylic acids is 1. The molecule has 0 saturated heterocycles. The minimum absolute atomic E-state index is 0.0256. The van der Waals surface area contributed by atoms with Crippen LogP contribution in [0.1, 0.15) is 53.4 Å². The van der Waals surface area contributed by atoms with Crippen molar-refractivity contribution in [2.24, 2.45) is 17.3 Å². The molecule has 2 aliphatic rings. The lowest BCUT2D eigenvalue weighted by molar-refractivity contribution is -0.274.